The number of carbonyl (C=O) groups excluding carboxylic acids is 1. The predicted octanol–water partition coefficient (Wildman–Crippen LogP) is 2.87. The minimum absolute atomic E-state index is 0.0536. The van der Waals surface area contributed by atoms with E-state index in [4.69, 9.17) is 0 Å². The Labute approximate surface area is 132 Å². The quantitative estimate of drug-likeness (QED) is 0.927. The van der Waals surface area contributed by atoms with Crippen LogP contribution in [0.25, 0.3) is 0 Å². The topological polar surface area (TPSA) is 46.9 Å². The lowest BCUT2D eigenvalue weighted by Crippen LogP contribution is -2.36. The summed E-state index contributed by atoms with van der Waals surface area (Å²) >= 11 is 3.48. The Morgan fingerprint density at radius 3 is 2.57 bits per heavy atom. The van der Waals surface area contributed by atoms with Crippen LogP contribution in [0.4, 0.5) is 0 Å². The Hall–Kier alpha value is -1.62. The van der Waals surface area contributed by atoms with Crippen LogP contribution in [0.1, 0.15) is 34.2 Å². The number of nitrogens with zero attached hydrogens (tertiary/aromatic N) is 2. The highest BCUT2D eigenvalue weighted by atomic mass is 79.9. The van der Waals surface area contributed by atoms with Gasteiger partial charge in [0.25, 0.3) is 5.91 Å². The van der Waals surface area contributed by atoms with E-state index in [0.717, 1.165) is 23.0 Å². The van der Waals surface area contributed by atoms with Gasteiger partial charge in [0, 0.05) is 12.6 Å². The monoisotopic (exact) mass is 347 g/mol. The molecule has 0 spiro atoms. The van der Waals surface area contributed by atoms with Crippen LogP contribution in [0, 0.1) is 6.92 Å². The van der Waals surface area contributed by atoms with Crippen LogP contribution in [-0.2, 0) is 19.4 Å². The molecule has 4 nitrogen and oxygen atoms in total. The fourth-order valence-electron chi connectivity index (χ4n) is 2.92. The van der Waals surface area contributed by atoms with Gasteiger partial charge in [-0.3, -0.25) is 9.48 Å². The highest BCUT2D eigenvalue weighted by Gasteiger charge is 2.26. The van der Waals surface area contributed by atoms with Gasteiger partial charge in [-0.1, -0.05) is 24.3 Å². The van der Waals surface area contributed by atoms with Gasteiger partial charge in [0.1, 0.15) is 5.69 Å². The molecule has 0 atom stereocenters. The average Bonchev–Trinajstić information content (AvgIpc) is 2.99. The molecule has 3 rings (SSSR count). The molecule has 1 amide bonds. The number of halogens is 1. The first-order valence-electron chi connectivity index (χ1n) is 7.20. The normalized spacial score (nSPS) is 14.2. The maximum absolute atomic E-state index is 12.6. The number of aryl methyl sites for hydroxylation is 2. The Bertz CT molecular complexity index is 668. The van der Waals surface area contributed by atoms with Crippen molar-refractivity contribution in [1.82, 2.24) is 15.1 Å². The van der Waals surface area contributed by atoms with E-state index in [1.807, 2.05) is 13.8 Å². The van der Waals surface area contributed by atoms with Crippen molar-refractivity contribution in [3.63, 3.8) is 0 Å². The first kappa shape index (κ1) is 14.3. The molecule has 1 aromatic heterocycles. The van der Waals surface area contributed by atoms with Crippen molar-refractivity contribution in [2.75, 3.05) is 0 Å². The molecule has 21 heavy (non-hydrogen) atoms. The van der Waals surface area contributed by atoms with E-state index < -0.39 is 0 Å². The van der Waals surface area contributed by atoms with Gasteiger partial charge >= 0.3 is 0 Å². The van der Waals surface area contributed by atoms with Gasteiger partial charge in [-0.15, -0.1) is 0 Å². The lowest BCUT2D eigenvalue weighted by atomic mass is 10.1. The number of carbonyl (C=O) groups is 1. The van der Waals surface area contributed by atoms with Crippen LogP contribution in [0.15, 0.2) is 28.7 Å². The zero-order valence-corrected chi connectivity index (χ0v) is 13.8. The molecule has 1 aliphatic carbocycles. The molecule has 0 unspecified atom stereocenters. The zero-order valence-electron chi connectivity index (χ0n) is 12.2. The lowest BCUT2D eigenvalue weighted by Gasteiger charge is -2.13. The molecule has 1 aliphatic rings. The smallest absolute Gasteiger partial charge is 0.270 e. The Morgan fingerprint density at radius 1 is 1.38 bits per heavy atom. The molecule has 0 saturated heterocycles. The van der Waals surface area contributed by atoms with E-state index in [1.54, 1.807) is 4.68 Å². The van der Waals surface area contributed by atoms with Crippen molar-refractivity contribution >= 4 is 21.8 Å². The molecule has 2 aromatic rings. The minimum Gasteiger partial charge on any atom is -0.347 e. The largest absolute Gasteiger partial charge is 0.347 e. The molecule has 0 radical (unpaired) electrons. The van der Waals surface area contributed by atoms with E-state index >= 15 is 0 Å². The van der Waals surface area contributed by atoms with Gasteiger partial charge in [0.05, 0.1) is 10.2 Å². The molecule has 0 aliphatic heterocycles. The second-order valence-electron chi connectivity index (χ2n) is 5.41. The summed E-state index contributed by atoms with van der Waals surface area (Å²) < 4.78 is 2.54. The summed E-state index contributed by atoms with van der Waals surface area (Å²) in [6, 6.07) is 8.54. The van der Waals surface area contributed by atoms with Gasteiger partial charge in [-0.25, -0.2) is 0 Å². The van der Waals surface area contributed by atoms with Gasteiger partial charge in [-0.05, 0) is 53.7 Å². The third-order valence-corrected chi connectivity index (χ3v) is 4.90. The van der Waals surface area contributed by atoms with E-state index in [-0.39, 0.29) is 11.9 Å². The van der Waals surface area contributed by atoms with Crippen LogP contribution >= 0.6 is 15.9 Å². The average molecular weight is 348 g/mol. The van der Waals surface area contributed by atoms with E-state index in [1.165, 1.54) is 11.1 Å². The molecule has 1 heterocycles. The summed E-state index contributed by atoms with van der Waals surface area (Å²) in [5.74, 6) is -0.0536. The molecule has 0 fully saturated rings. The standard InChI is InChI=1S/C16H18BrN3O/c1-3-20-15(14(17)10(2)19-20)16(21)18-13-8-11-6-4-5-7-12(11)9-13/h4-7,13H,3,8-9H2,1-2H3,(H,18,21). The second-order valence-corrected chi connectivity index (χ2v) is 6.20. The van der Waals surface area contributed by atoms with Gasteiger partial charge in [0.15, 0.2) is 0 Å². The zero-order chi connectivity index (χ0) is 15.0. The summed E-state index contributed by atoms with van der Waals surface area (Å²) in [5, 5.41) is 7.51. The van der Waals surface area contributed by atoms with Crippen molar-refractivity contribution in [3.05, 3.63) is 51.3 Å². The highest BCUT2D eigenvalue weighted by Crippen LogP contribution is 2.24. The predicted molar refractivity (Wildman–Crippen MR) is 85.4 cm³/mol. The Kier molecular flexibility index (Phi) is 3.85. The second kappa shape index (κ2) is 5.64. The summed E-state index contributed by atoms with van der Waals surface area (Å²) in [6.07, 6.45) is 1.80. The number of benzene rings is 1. The summed E-state index contributed by atoms with van der Waals surface area (Å²) in [4.78, 5) is 12.6. The first-order chi connectivity index (χ1) is 10.1. The molecule has 0 bridgehead atoms. The number of fused-ring (bicyclic) bond motifs is 1. The molecule has 1 aromatic carbocycles. The van der Waals surface area contributed by atoms with Gasteiger partial charge in [0.2, 0.25) is 0 Å². The van der Waals surface area contributed by atoms with Crippen LogP contribution < -0.4 is 5.32 Å². The molecular weight excluding hydrogens is 330 g/mol. The van der Waals surface area contributed by atoms with E-state index in [0.29, 0.717) is 12.2 Å². The fraction of sp³-hybridized carbons (Fsp3) is 0.375. The number of hydrogen-bond acceptors (Lipinski definition) is 2. The van der Waals surface area contributed by atoms with E-state index in [2.05, 4.69) is 50.6 Å². The van der Waals surface area contributed by atoms with E-state index in [9.17, 15) is 4.79 Å². The van der Waals surface area contributed by atoms with Crippen LogP contribution in [0.2, 0.25) is 0 Å². The minimum atomic E-state index is -0.0536. The summed E-state index contributed by atoms with van der Waals surface area (Å²) in [7, 11) is 0. The maximum atomic E-state index is 12.6. The van der Waals surface area contributed by atoms with Crippen molar-refractivity contribution in [2.45, 2.75) is 39.3 Å². The molecule has 5 heteroatoms. The third-order valence-electron chi connectivity index (χ3n) is 3.96. The van der Waals surface area contributed by atoms with Crippen molar-refractivity contribution < 1.29 is 4.79 Å². The van der Waals surface area contributed by atoms with Gasteiger partial charge in [-0.2, -0.15) is 5.10 Å². The number of hydrogen-bond donors (Lipinski definition) is 1. The van der Waals surface area contributed by atoms with Crippen molar-refractivity contribution in [2.24, 2.45) is 0 Å². The van der Waals surface area contributed by atoms with Crippen LogP contribution in [0.3, 0.4) is 0 Å². The number of aromatic nitrogens is 2. The van der Waals surface area contributed by atoms with Crippen LogP contribution in [-0.4, -0.2) is 21.7 Å². The highest BCUT2D eigenvalue weighted by molar-refractivity contribution is 9.10. The Balaban J connectivity index is 1.77. The lowest BCUT2D eigenvalue weighted by molar-refractivity contribution is 0.0927. The van der Waals surface area contributed by atoms with Crippen molar-refractivity contribution in [1.29, 1.82) is 0 Å². The fourth-order valence-corrected chi connectivity index (χ4v) is 3.38. The number of amides is 1. The van der Waals surface area contributed by atoms with Crippen LogP contribution in [0.5, 0.6) is 0 Å². The van der Waals surface area contributed by atoms with Crippen molar-refractivity contribution in [3.8, 4) is 0 Å². The molecule has 0 saturated carbocycles. The van der Waals surface area contributed by atoms with Gasteiger partial charge < -0.3 is 5.32 Å². The number of rotatable bonds is 3. The maximum Gasteiger partial charge on any atom is 0.270 e. The molecular formula is C16H18BrN3O. The number of nitrogens with one attached hydrogen (secondary N) is 1. The third kappa shape index (κ3) is 2.62. The summed E-state index contributed by atoms with van der Waals surface area (Å²) in [5.41, 5.74) is 4.13. The first-order valence-corrected chi connectivity index (χ1v) is 8.00. The molecule has 1 N–H and O–H groups in total. The Morgan fingerprint density at radius 2 is 2.00 bits per heavy atom. The SMILES string of the molecule is CCn1nc(C)c(Br)c1C(=O)NC1Cc2ccccc2C1. The molecule has 110 valence electrons. The summed E-state index contributed by atoms with van der Waals surface area (Å²) in [6.45, 7) is 4.57.